The molecule has 0 radical (unpaired) electrons. The van der Waals surface area contributed by atoms with Gasteiger partial charge in [0.1, 0.15) is 0 Å². The van der Waals surface area contributed by atoms with Crippen molar-refractivity contribution in [2.45, 2.75) is 19.4 Å². The largest absolute Gasteiger partial charge is 0.387 e. The number of nitrogens with zero attached hydrogens (tertiary/aromatic N) is 3. The fraction of sp³-hybridized carbons (Fsp3) is 0.238. The lowest BCUT2D eigenvalue weighted by atomic mass is 10.0. The predicted molar refractivity (Wildman–Crippen MR) is 113 cm³/mol. The second-order valence-corrected chi connectivity index (χ2v) is 7.16. The number of amidine groups is 1. The minimum Gasteiger partial charge on any atom is -0.387 e. The van der Waals surface area contributed by atoms with Crippen molar-refractivity contribution in [3.05, 3.63) is 82.4 Å². The number of anilines is 1. The molecule has 0 bridgehead atoms. The van der Waals surface area contributed by atoms with Crippen LogP contribution in [0.3, 0.4) is 0 Å². The third-order valence-electron chi connectivity index (χ3n) is 4.33. The maximum atomic E-state index is 6.19. The first-order valence-corrected chi connectivity index (χ1v) is 9.18. The summed E-state index contributed by atoms with van der Waals surface area (Å²) in [6, 6.07) is 14.1. The second-order valence-electron chi connectivity index (χ2n) is 6.72. The molecule has 6 heteroatoms. The van der Waals surface area contributed by atoms with Gasteiger partial charge in [0.15, 0.2) is 0 Å². The van der Waals surface area contributed by atoms with E-state index in [1.807, 2.05) is 44.6 Å². The third kappa shape index (κ3) is 5.34. The van der Waals surface area contributed by atoms with Crippen LogP contribution in [0.5, 0.6) is 0 Å². The van der Waals surface area contributed by atoms with E-state index in [-0.39, 0.29) is 0 Å². The van der Waals surface area contributed by atoms with Crippen molar-refractivity contribution >= 4 is 23.1 Å². The first-order chi connectivity index (χ1) is 13.0. The molecule has 0 saturated carbocycles. The number of aromatic amines is 1. The van der Waals surface area contributed by atoms with Gasteiger partial charge in [-0.05, 0) is 34.9 Å². The standard InChI is InChI=1S/C21H24ClN5/c1-27(2)20-10-16(9-19-13-24-14-26-19)3-6-17(20)11-21(23)25-12-15-4-7-18(22)8-5-15/h3-8,10,13-14H,9,11-12H2,1-2H3,(H2,23,25)(H,24,26). The van der Waals surface area contributed by atoms with Gasteiger partial charge in [0.25, 0.3) is 0 Å². The average molecular weight is 382 g/mol. The minimum atomic E-state index is 0.554. The van der Waals surface area contributed by atoms with Crippen LogP contribution in [-0.4, -0.2) is 29.9 Å². The number of aromatic nitrogens is 2. The highest BCUT2D eigenvalue weighted by atomic mass is 35.5. The number of nitrogens with one attached hydrogen (secondary N) is 1. The zero-order chi connectivity index (χ0) is 19.2. The summed E-state index contributed by atoms with van der Waals surface area (Å²) in [5.74, 6) is 0.620. The van der Waals surface area contributed by atoms with Crippen LogP contribution in [0.15, 0.2) is 60.0 Å². The molecule has 3 aromatic rings. The molecule has 1 aromatic heterocycles. The van der Waals surface area contributed by atoms with E-state index in [0.29, 0.717) is 18.8 Å². The van der Waals surface area contributed by atoms with E-state index < -0.39 is 0 Å². The number of aliphatic imine (C=N–C) groups is 1. The summed E-state index contributed by atoms with van der Waals surface area (Å²) in [5, 5.41) is 0.724. The molecule has 0 spiro atoms. The molecule has 0 aliphatic carbocycles. The van der Waals surface area contributed by atoms with E-state index >= 15 is 0 Å². The fourth-order valence-corrected chi connectivity index (χ4v) is 3.05. The van der Waals surface area contributed by atoms with Crippen LogP contribution < -0.4 is 10.6 Å². The van der Waals surface area contributed by atoms with E-state index in [1.165, 1.54) is 5.56 Å². The summed E-state index contributed by atoms with van der Waals surface area (Å²) < 4.78 is 0. The quantitative estimate of drug-likeness (QED) is 0.482. The van der Waals surface area contributed by atoms with Gasteiger partial charge >= 0.3 is 0 Å². The highest BCUT2D eigenvalue weighted by Gasteiger charge is 2.09. The van der Waals surface area contributed by atoms with Gasteiger partial charge in [0, 0.05) is 49.5 Å². The second kappa shape index (κ2) is 8.73. The SMILES string of the molecule is CN(C)c1cc(Cc2cnc[nH]2)ccc1CC(N)=NCc1ccc(Cl)cc1. The van der Waals surface area contributed by atoms with Crippen molar-refractivity contribution < 1.29 is 0 Å². The van der Waals surface area contributed by atoms with Crippen LogP contribution in [0.4, 0.5) is 5.69 Å². The molecule has 0 atom stereocenters. The van der Waals surface area contributed by atoms with Crippen LogP contribution in [0.25, 0.3) is 0 Å². The Kier molecular flexibility index (Phi) is 6.14. The van der Waals surface area contributed by atoms with Crippen molar-refractivity contribution in [3.63, 3.8) is 0 Å². The highest BCUT2D eigenvalue weighted by Crippen LogP contribution is 2.23. The molecule has 3 rings (SSSR count). The summed E-state index contributed by atoms with van der Waals surface area (Å²) in [7, 11) is 4.08. The molecule has 1 heterocycles. The average Bonchev–Trinajstić information content (AvgIpc) is 3.15. The molecule has 0 fully saturated rings. The van der Waals surface area contributed by atoms with E-state index in [1.54, 1.807) is 6.33 Å². The number of halogens is 1. The van der Waals surface area contributed by atoms with Crippen molar-refractivity contribution in [3.8, 4) is 0 Å². The van der Waals surface area contributed by atoms with Gasteiger partial charge in [0.2, 0.25) is 0 Å². The number of hydrogen-bond donors (Lipinski definition) is 2. The Hall–Kier alpha value is -2.79. The van der Waals surface area contributed by atoms with Crippen LogP contribution in [0.2, 0.25) is 5.02 Å². The Morgan fingerprint density at radius 3 is 2.56 bits per heavy atom. The zero-order valence-corrected chi connectivity index (χ0v) is 16.4. The Labute approximate surface area is 164 Å². The van der Waals surface area contributed by atoms with Crippen LogP contribution >= 0.6 is 11.6 Å². The number of nitrogens with two attached hydrogens (primary N) is 1. The molecule has 2 aromatic carbocycles. The van der Waals surface area contributed by atoms with Crippen molar-refractivity contribution in [2.75, 3.05) is 19.0 Å². The highest BCUT2D eigenvalue weighted by molar-refractivity contribution is 6.30. The molecular formula is C21H24ClN5. The van der Waals surface area contributed by atoms with Crippen LogP contribution in [-0.2, 0) is 19.4 Å². The first-order valence-electron chi connectivity index (χ1n) is 8.81. The van der Waals surface area contributed by atoms with E-state index in [0.717, 1.165) is 34.0 Å². The third-order valence-corrected chi connectivity index (χ3v) is 4.58. The number of hydrogen-bond acceptors (Lipinski definition) is 3. The van der Waals surface area contributed by atoms with Gasteiger partial charge in [-0.3, -0.25) is 4.99 Å². The first kappa shape index (κ1) is 19.0. The topological polar surface area (TPSA) is 70.3 Å². The fourth-order valence-electron chi connectivity index (χ4n) is 2.92. The van der Waals surface area contributed by atoms with E-state index in [4.69, 9.17) is 17.3 Å². The lowest BCUT2D eigenvalue weighted by Crippen LogP contribution is -2.19. The summed E-state index contributed by atoms with van der Waals surface area (Å²) >= 11 is 5.92. The van der Waals surface area contributed by atoms with E-state index in [9.17, 15) is 0 Å². The molecule has 0 amide bonds. The van der Waals surface area contributed by atoms with Gasteiger partial charge in [-0.1, -0.05) is 35.9 Å². The van der Waals surface area contributed by atoms with Gasteiger partial charge in [-0.15, -0.1) is 0 Å². The maximum Gasteiger partial charge on any atom is 0.0986 e. The Bertz CT molecular complexity index is 899. The number of H-pyrrole nitrogens is 1. The number of rotatable bonds is 7. The summed E-state index contributed by atoms with van der Waals surface area (Å²) in [4.78, 5) is 13.9. The molecule has 140 valence electrons. The smallest absolute Gasteiger partial charge is 0.0986 e. The Morgan fingerprint density at radius 2 is 1.89 bits per heavy atom. The van der Waals surface area contributed by atoms with Crippen molar-refractivity contribution in [1.29, 1.82) is 0 Å². The molecule has 3 N–H and O–H groups in total. The van der Waals surface area contributed by atoms with E-state index in [2.05, 4.69) is 38.1 Å². The Balaban J connectivity index is 1.72. The van der Waals surface area contributed by atoms with Gasteiger partial charge in [-0.25, -0.2) is 4.98 Å². The van der Waals surface area contributed by atoms with Gasteiger partial charge < -0.3 is 15.6 Å². The van der Waals surface area contributed by atoms with Gasteiger partial charge in [0.05, 0.1) is 18.7 Å². The minimum absolute atomic E-state index is 0.554. The van der Waals surface area contributed by atoms with Crippen LogP contribution in [0, 0.1) is 0 Å². The molecule has 27 heavy (non-hydrogen) atoms. The van der Waals surface area contributed by atoms with Gasteiger partial charge in [-0.2, -0.15) is 0 Å². The molecule has 0 aliphatic rings. The van der Waals surface area contributed by atoms with Crippen molar-refractivity contribution in [2.24, 2.45) is 10.7 Å². The lowest BCUT2D eigenvalue weighted by molar-refractivity contribution is 1.03. The van der Waals surface area contributed by atoms with Crippen molar-refractivity contribution in [1.82, 2.24) is 9.97 Å². The number of imidazole rings is 1. The lowest BCUT2D eigenvalue weighted by Gasteiger charge is -2.19. The normalized spacial score (nSPS) is 11.6. The predicted octanol–water partition coefficient (Wildman–Crippen LogP) is 3.82. The summed E-state index contributed by atoms with van der Waals surface area (Å²) in [5.41, 5.74) is 11.9. The summed E-state index contributed by atoms with van der Waals surface area (Å²) in [6.07, 6.45) is 4.99. The molecule has 0 saturated heterocycles. The molecule has 0 aliphatic heterocycles. The molecular weight excluding hydrogens is 358 g/mol. The summed E-state index contributed by atoms with van der Waals surface area (Å²) in [6.45, 7) is 0.554. The monoisotopic (exact) mass is 381 g/mol. The Morgan fingerprint density at radius 1 is 1.15 bits per heavy atom. The maximum absolute atomic E-state index is 6.19. The van der Waals surface area contributed by atoms with Crippen LogP contribution in [0.1, 0.15) is 22.4 Å². The number of benzene rings is 2. The molecule has 5 nitrogen and oxygen atoms in total. The molecule has 0 unspecified atom stereocenters. The zero-order valence-electron chi connectivity index (χ0n) is 15.6.